The van der Waals surface area contributed by atoms with Gasteiger partial charge in [0.15, 0.2) is 0 Å². The molecule has 0 N–H and O–H groups in total. The summed E-state index contributed by atoms with van der Waals surface area (Å²) in [5, 5.41) is 0.463. The normalized spacial score (nSPS) is 15.2. The zero-order chi connectivity index (χ0) is 55.8. The molecule has 8 heteroatoms. The number of aromatic nitrogens is 3. The Morgan fingerprint density at radius 1 is 0.523 bits per heavy atom. The van der Waals surface area contributed by atoms with Crippen molar-refractivity contribution in [1.82, 2.24) is 15.0 Å². The van der Waals surface area contributed by atoms with Crippen LogP contribution in [0.2, 0.25) is 0 Å². The minimum absolute atomic E-state index is 0. The van der Waals surface area contributed by atoms with Gasteiger partial charge in [0.05, 0.1) is 19.4 Å². The van der Waals surface area contributed by atoms with Gasteiger partial charge < -0.3 is 19.4 Å². The maximum absolute atomic E-state index is 16.0. The minimum atomic E-state index is -3.11. The number of aryl methyl sites for hydroxylation is 6. The molecule has 0 spiro atoms. The second-order valence-corrected chi connectivity index (χ2v) is 14.5. The van der Waals surface area contributed by atoms with Gasteiger partial charge in [0.2, 0.25) is 0 Å². The number of benzene rings is 6. The zero-order valence-electron chi connectivity index (χ0n) is 47.8. The van der Waals surface area contributed by atoms with Gasteiger partial charge in [0, 0.05) is 46.1 Å². The van der Waals surface area contributed by atoms with Crippen molar-refractivity contribution in [1.29, 1.82) is 0 Å². The van der Waals surface area contributed by atoms with Gasteiger partial charge in [-0.05, 0) is 107 Å². The third kappa shape index (κ3) is 9.46. The van der Waals surface area contributed by atoms with Crippen LogP contribution in [0.15, 0.2) is 168 Å². The molecule has 318 valence electrons. The second kappa shape index (κ2) is 19.4. The fourth-order valence-corrected chi connectivity index (χ4v) is 7.14. The van der Waals surface area contributed by atoms with E-state index in [4.69, 9.17) is 12.6 Å². The summed E-state index contributed by atoms with van der Waals surface area (Å²) in [5.41, 5.74) is -1.47. The van der Waals surface area contributed by atoms with Crippen LogP contribution in [0.4, 0.5) is 13.2 Å². The second-order valence-electron chi connectivity index (χ2n) is 14.5. The first kappa shape index (κ1) is 29.5. The van der Waals surface area contributed by atoms with Crippen LogP contribution in [0, 0.1) is 35.7 Å². The van der Waals surface area contributed by atoms with E-state index in [1.54, 1.807) is 54.6 Å². The average molecular weight is 1050 g/mol. The van der Waals surface area contributed by atoms with E-state index in [0.717, 1.165) is 48.9 Å². The predicted octanol–water partition coefficient (Wildman–Crippen LogP) is 13.6. The van der Waals surface area contributed by atoms with Crippen LogP contribution in [-0.4, -0.2) is 15.0 Å². The van der Waals surface area contributed by atoms with Gasteiger partial charge in [-0.2, -0.15) is 0 Å². The van der Waals surface area contributed by atoms with Crippen molar-refractivity contribution in [3.05, 3.63) is 233 Å². The number of hydrogen-bond acceptors (Lipinski definition) is 4. The number of hydrogen-bond donors (Lipinski definition) is 0. The van der Waals surface area contributed by atoms with E-state index in [9.17, 15) is 11.0 Å². The van der Waals surface area contributed by atoms with E-state index in [2.05, 4.69) is 33.2 Å². The molecule has 0 fully saturated rings. The van der Waals surface area contributed by atoms with E-state index in [-0.39, 0.29) is 87.1 Å². The minimum Gasteiger partial charge on any atom is -0.500 e. The van der Waals surface area contributed by atoms with Gasteiger partial charge in [-0.25, -0.2) is 13.2 Å². The summed E-state index contributed by atoms with van der Waals surface area (Å²) < 4.78 is 179. The van der Waals surface area contributed by atoms with Crippen LogP contribution in [0.1, 0.15) is 52.6 Å². The van der Waals surface area contributed by atoms with E-state index in [1.807, 2.05) is 0 Å². The Hall–Kier alpha value is -6.99. The van der Waals surface area contributed by atoms with Crippen molar-refractivity contribution >= 4 is 21.9 Å². The third-order valence-corrected chi connectivity index (χ3v) is 10.3. The summed E-state index contributed by atoms with van der Waals surface area (Å²) in [6, 6.07) is 30.4. The molecule has 10 rings (SSSR count). The maximum Gasteiger partial charge on any atom is 3.00 e. The fourth-order valence-electron chi connectivity index (χ4n) is 7.14. The first-order valence-electron chi connectivity index (χ1n) is 26.9. The molecule has 0 bridgehead atoms. The molecular formula is C57H39F3IrN3O. The summed E-state index contributed by atoms with van der Waals surface area (Å²) in [5.74, 6) is -2.82. The molecule has 0 aliphatic heterocycles. The van der Waals surface area contributed by atoms with Gasteiger partial charge in [-0.3, -0.25) is 0 Å². The number of halogens is 3. The molecule has 0 radical (unpaired) electrons. The molecule has 0 amide bonds. The smallest absolute Gasteiger partial charge is 0.500 e. The Morgan fingerprint density at radius 3 is 1.68 bits per heavy atom. The van der Waals surface area contributed by atoms with Crippen molar-refractivity contribution in [2.75, 3.05) is 0 Å². The average Bonchev–Trinajstić information content (AvgIpc) is 4.10. The van der Waals surface area contributed by atoms with E-state index < -0.39 is 109 Å². The van der Waals surface area contributed by atoms with Gasteiger partial charge in [0.1, 0.15) is 23.0 Å². The molecule has 0 atom stereocenters. The van der Waals surface area contributed by atoms with Gasteiger partial charge >= 0.3 is 20.1 Å². The van der Waals surface area contributed by atoms with Crippen molar-refractivity contribution in [3.8, 4) is 44.9 Å². The predicted molar refractivity (Wildman–Crippen MR) is 247 cm³/mol. The molecular weight excluding hydrogens is 992 g/mol. The molecule has 0 aliphatic rings. The number of furan rings is 1. The first-order valence-corrected chi connectivity index (χ1v) is 19.9. The standard InChI is InChI=1S/C57H39F3N3O.Ir/c58-49-27-26-47-46-17-10-18-48(56(46)64-57(47)55(49)43-15-8-3-9-16-43)52-28-23-37(34-61-52)19-20-38-29-39(21-24-44-35-62-53(32-50(44)59)41-11-4-1-5-12-41)31-40(30-38)22-25-45-36-63-54(33-51(45)60)42-13-6-2-7-14-42;/h1-11,13,15-17,23,26-36H,19-22,24-25H2;/q-3;+3/i3D,8D,9D,15D,16D,19D2,20D2,21D2,22D2,27D;. The van der Waals surface area contributed by atoms with E-state index >= 15 is 13.2 Å². The summed E-state index contributed by atoms with van der Waals surface area (Å²) in [4.78, 5) is 13.1. The van der Waals surface area contributed by atoms with Crippen LogP contribution in [0.25, 0.3) is 66.8 Å². The number of fused-ring (bicyclic) bond motifs is 3. The molecule has 0 saturated carbocycles. The Kier molecular flexibility index (Phi) is 8.79. The number of pyridine rings is 3. The van der Waals surface area contributed by atoms with E-state index in [1.165, 1.54) is 24.3 Å². The van der Waals surface area contributed by atoms with Crippen molar-refractivity contribution in [3.63, 3.8) is 0 Å². The largest absolute Gasteiger partial charge is 3.00 e. The third-order valence-electron chi connectivity index (χ3n) is 10.3. The molecule has 0 aliphatic carbocycles. The van der Waals surface area contributed by atoms with Crippen molar-refractivity contribution < 1.29 is 56.9 Å². The Bertz CT molecular complexity index is 3850. The molecule has 10 aromatic rings. The Balaban J connectivity index is 0.00000757. The molecule has 6 aromatic carbocycles. The molecule has 4 heterocycles. The number of rotatable bonds is 13. The Morgan fingerprint density at radius 2 is 1.11 bits per heavy atom. The van der Waals surface area contributed by atoms with Gasteiger partial charge in [-0.15, -0.1) is 90.0 Å². The Labute approximate surface area is 408 Å². The van der Waals surface area contributed by atoms with Gasteiger partial charge in [-0.1, -0.05) is 71.5 Å². The van der Waals surface area contributed by atoms with Crippen LogP contribution < -0.4 is 0 Å². The summed E-state index contributed by atoms with van der Waals surface area (Å²) >= 11 is 0. The molecule has 4 aromatic heterocycles. The quantitative estimate of drug-likeness (QED) is 0.108. The van der Waals surface area contributed by atoms with Crippen LogP contribution in [0.5, 0.6) is 0 Å². The molecule has 4 nitrogen and oxygen atoms in total. The zero-order valence-corrected chi connectivity index (χ0v) is 36.2. The molecule has 0 unspecified atom stereocenters. The van der Waals surface area contributed by atoms with Crippen LogP contribution in [0.3, 0.4) is 0 Å². The summed E-state index contributed by atoms with van der Waals surface area (Å²) in [6.07, 6.45) is -9.25. The fraction of sp³-hybridized carbons (Fsp3) is 0.105. The van der Waals surface area contributed by atoms with Crippen LogP contribution >= 0.6 is 0 Å². The maximum atomic E-state index is 16.0. The molecule has 0 saturated heterocycles. The number of nitrogens with zero attached hydrogens (tertiary/aromatic N) is 3. The summed E-state index contributed by atoms with van der Waals surface area (Å²) in [7, 11) is 0. The first-order chi connectivity index (χ1) is 36.9. The van der Waals surface area contributed by atoms with Gasteiger partial charge in [0.25, 0.3) is 0 Å². The monoisotopic (exact) mass is 1050 g/mol. The molecule has 65 heavy (non-hydrogen) atoms. The SMILES string of the molecule is [2H]c1cc2c(oc3c(-c4ccc(C([2H])([2H])C([2H])([2H])c5cc(C([2H])([2H])Cc6cnc(-c7[c-]cccc7)cc6F)cc(C([2H])([2H])Cc6cnc(-c7[c-]cccc7)cc6F)c5)cn4)[c-]ccc32)c(-c2c([2H])c([2H])c([2H])c([2H])c2[2H])c1F.[Ir+3]. The van der Waals surface area contributed by atoms with Crippen LogP contribution in [-0.2, 0) is 58.4 Å². The van der Waals surface area contributed by atoms with E-state index in [0.29, 0.717) is 16.5 Å². The summed E-state index contributed by atoms with van der Waals surface area (Å²) in [6.45, 7) is 0. The topological polar surface area (TPSA) is 51.8 Å². The van der Waals surface area contributed by atoms with Crippen molar-refractivity contribution in [2.45, 2.75) is 38.3 Å². The van der Waals surface area contributed by atoms with Crippen molar-refractivity contribution in [2.24, 2.45) is 0 Å².